The number of aliphatic hydroxyl groups excluding tert-OH is 2. The highest BCUT2D eigenvalue weighted by molar-refractivity contribution is 5.28. The quantitative estimate of drug-likeness (QED) is 0.527. The lowest BCUT2D eigenvalue weighted by Crippen LogP contribution is -2.28. The summed E-state index contributed by atoms with van der Waals surface area (Å²) in [5, 5.41) is 30.2. The Kier molecular flexibility index (Phi) is 7.46. The van der Waals surface area contributed by atoms with Gasteiger partial charge >= 0.3 is 0 Å². The zero-order chi connectivity index (χ0) is 21.2. The smallest absolute Gasteiger partial charge is 0.0809 e. The first-order chi connectivity index (χ1) is 13.7. The maximum atomic E-state index is 10.1. The fraction of sp³-hybridized carbons (Fsp3) is 0.769. The fourth-order valence-electron chi connectivity index (χ4n) is 6.11. The average Bonchev–Trinajstić information content (AvgIpc) is 3.08. The molecule has 0 aromatic rings. The van der Waals surface area contributed by atoms with Gasteiger partial charge in [0.25, 0.3) is 0 Å². The molecule has 3 aliphatic rings. The first-order valence-electron chi connectivity index (χ1n) is 11.8. The van der Waals surface area contributed by atoms with Crippen molar-refractivity contribution in [3.05, 3.63) is 35.5 Å². The van der Waals surface area contributed by atoms with Crippen molar-refractivity contribution in [3.8, 4) is 0 Å². The summed E-state index contributed by atoms with van der Waals surface area (Å²) >= 11 is 0. The molecule has 3 fully saturated rings. The van der Waals surface area contributed by atoms with E-state index in [4.69, 9.17) is 0 Å². The molecule has 29 heavy (non-hydrogen) atoms. The third-order valence-electron chi connectivity index (χ3n) is 7.84. The Labute approximate surface area is 177 Å². The summed E-state index contributed by atoms with van der Waals surface area (Å²) in [6.07, 6.45) is 14.2. The minimum absolute atomic E-state index is 0.543. The van der Waals surface area contributed by atoms with Crippen molar-refractivity contribution in [2.75, 3.05) is 0 Å². The molecule has 0 aromatic heterocycles. The Morgan fingerprint density at radius 1 is 1.10 bits per heavy atom. The second-order valence-electron chi connectivity index (χ2n) is 10.7. The monoisotopic (exact) mass is 402 g/mol. The van der Waals surface area contributed by atoms with Crippen LogP contribution in [0.15, 0.2) is 35.5 Å². The first-order valence-corrected chi connectivity index (χ1v) is 11.8. The molecule has 164 valence electrons. The Balaban J connectivity index is 1.61. The lowest BCUT2D eigenvalue weighted by molar-refractivity contribution is 0.0651. The highest BCUT2D eigenvalue weighted by atomic mass is 16.3. The van der Waals surface area contributed by atoms with E-state index in [1.54, 1.807) is 5.57 Å². The average molecular weight is 403 g/mol. The standard InChI is InChI=1S/C26H42O3/c1-17(7-6-14-26(3,4)29)21-12-13-22-20(8-5-9-23(21)22)11-10-19-15-24(27)18(2)25(28)16-19/h10-11,17,21-25,27-29H,2,5-9,12-16H2,1,3-4H3/t17-,21+,22-,23+,24+,25+/m0/s1. The molecule has 0 heterocycles. The normalized spacial score (nSPS) is 35.7. The van der Waals surface area contributed by atoms with Gasteiger partial charge in [0.2, 0.25) is 0 Å². The Morgan fingerprint density at radius 3 is 2.45 bits per heavy atom. The van der Waals surface area contributed by atoms with E-state index in [0.29, 0.717) is 18.4 Å². The van der Waals surface area contributed by atoms with Crippen molar-refractivity contribution >= 4 is 0 Å². The van der Waals surface area contributed by atoms with Gasteiger partial charge in [-0.25, -0.2) is 0 Å². The van der Waals surface area contributed by atoms with Crippen molar-refractivity contribution in [2.45, 2.75) is 103 Å². The lowest BCUT2D eigenvalue weighted by Gasteiger charge is -2.34. The summed E-state index contributed by atoms with van der Waals surface area (Å²) < 4.78 is 0. The van der Waals surface area contributed by atoms with Crippen LogP contribution in [-0.4, -0.2) is 33.1 Å². The predicted molar refractivity (Wildman–Crippen MR) is 119 cm³/mol. The lowest BCUT2D eigenvalue weighted by atomic mass is 9.71. The van der Waals surface area contributed by atoms with Crippen LogP contribution in [0.5, 0.6) is 0 Å². The predicted octanol–water partition coefficient (Wildman–Crippen LogP) is 5.31. The Bertz CT molecular complexity index is 623. The van der Waals surface area contributed by atoms with E-state index in [0.717, 1.165) is 42.1 Å². The molecule has 0 aromatic carbocycles. The second-order valence-corrected chi connectivity index (χ2v) is 10.7. The molecule has 0 amide bonds. The molecule has 3 heteroatoms. The summed E-state index contributed by atoms with van der Waals surface area (Å²) in [6, 6.07) is 0. The van der Waals surface area contributed by atoms with Crippen LogP contribution in [0.3, 0.4) is 0 Å². The number of aliphatic hydroxyl groups is 3. The Morgan fingerprint density at radius 2 is 1.79 bits per heavy atom. The molecule has 3 rings (SSSR count). The largest absolute Gasteiger partial charge is 0.390 e. The highest BCUT2D eigenvalue weighted by Crippen LogP contribution is 2.51. The van der Waals surface area contributed by atoms with Crippen molar-refractivity contribution in [1.29, 1.82) is 0 Å². The van der Waals surface area contributed by atoms with Crippen LogP contribution >= 0.6 is 0 Å². The van der Waals surface area contributed by atoms with Crippen LogP contribution in [0.25, 0.3) is 0 Å². The van der Waals surface area contributed by atoms with E-state index >= 15 is 0 Å². The van der Waals surface area contributed by atoms with Gasteiger partial charge in [-0.05, 0) is 94.5 Å². The molecule has 0 aliphatic heterocycles. The minimum atomic E-state index is -0.608. The molecular weight excluding hydrogens is 360 g/mol. The molecule has 0 radical (unpaired) electrons. The van der Waals surface area contributed by atoms with Gasteiger partial charge in [-0.3, -0.25) is 0 Å². The van der Waals surface area contributed by atoms with Gasteiger partial charge in [0, 0.05) is 0 Å². The van der Waals surface area contributed by atoms with Crippen molar-refractivity contribution in [2.24, 2.45) is 23.7 Å². The van der Waals surface area contributed by atoms with Gasteiger partial charge in [0.05, 0.1) is 17.8 Å². The zero-order valence-electron chi connectivity index (χ0n) is 18.7. The van der Waals surface area contributed by atoms with Crippen LogP contribution in [0.1, 0.15) is 85.0 Å². The number of hydrogen-bond acceptors (Lipinski definition) is 3. The highest BCUT2D eigenvalue weighted by Gasteiger charge is 2.41. The van der Waals surface area contributed by atoms with Gasteiger partial charge in [0.15, 0.2) is 0 Å². The summed E-state index contributed by atoms with van der Waals surface area (Å²) in [5.41, 5.74) is 2.75. The molecule has 0 unspecified atom stereocenters. The molecule has 3 nitrogen and oxygen atoms in total. The van der Waals surface area contributed by atoms with E-state index in [-0.39, 0.29) is 0 Å². The molecule has 0 spiro atoms. The number of allylic oxidation sites excluding steroid dienone is 3. The first kappa shape index (κ1) is 22.8. The molecule has 3 saturated carbocycles. The van der Waals surface area contributed by atoms with Gasteiger partial charge in [-0.1, -0.05) is 49.6 Å². The zero-order valence-corrected chi connectivity index (χ0v) is 18.7. The minimum Gasteiger partial charge on any atom is -0.390 e. The maximum Gasteiger partial charge on any atom is 0.0809 e. The summed E-state index contributed by atoms with van der Waals surface area (Å²) in [6.45, 7) is 10.1. The van der Waals surface area contributed by atoms with Gasteiger partial charge < -0.3 is 15.3 Å². The molecule has 0 saturated heterocycles. The third-order valence-corrected chi connectivity index (χ3v) is 7.84. The van der Waals surface area contributed by atoms with E-state index in [2.05, 4.69) is 25.7 Å². The molecule has 3 aliphatic carbocycles. The van der Waals surface area contributed by atoms with Crippen LogP contribution in [0.2, 0.25) is 0 Å². The summed E-state index contributed by atoms with van der Waals surface area (Å²) in [4.78, 5) is 0. The van der Waals surface area contributed by atoms with E-state index in [1.807, 2.05) is 13.8 Å². The van der Waals surface area contributed by atoms with Crippen LogP contribution < -0.4 is 0 Å². The van der Waals surface area contributed by atoms with Crippen molar-refractivity contribution < 1.29 is 15.3 Å². The van der Waals surface area contributed by atoms with Gasteiger partial charge in [-0.15, -0.1) is 0 Å². The maximum absolute atomic E-state index is 10.1. The van der Waals surface area contributed by atoms with Crippen LogP contribution in [-0.2, 0) is 0 Å². The molecule has 6 atom stereocenters. The van der Waals surface area contributed by atoms with Gasteiger partial charge in [-0.2, -0.15) is 0 Å². The van der Waals surface area contributed by atoms with Crippen molar-refractivity contribution in [3.63, 3.8) is 0 Å². The fourth-order valence-corrected chi connectivity index (χ4v) is 6.11. The third kappa shape index (κ3) is 5.83. The number of hydrogen-bond donors (Lipinski definition) is 3. The number of fused-ring (bicyclic) bond motifs is 1. The Hall–Kier alpha value is -0.900. The molecule has 3 N–H and O–H groups in total. The topological polar surface area (TPSA) is 60.7 Å². The van der Waals surface area contributed by atoms with Crippen LogP contribution in [0.4, 0.5) is 0 Å². The van der Waals surface area contributed by atoms with E-state index in [1.165, 1.54) is 38.5 Å². The molecular formula is C26H42O3. The van der Waals surface area contributed by atoms with E-state index in [9.17, 15) is 15.3 Å². The SMILES string of the molecule is C=C1[C@H](O)CC(=CC=C2CCC[C@@H]3[C@@H]([C@@H](C)CCCC(C)(C)O)CC[C@@H]23)C[C@H]1O. The number of rotatable bonds is 6. The van der Waals surface area contributed by atoms with E-state index < -0.39 is 17.8 Å². The molecule has 0 bridgehead atoms. The summed E-state index contributed by atoms with van der Waals surface area (Å²) in [7, 11) is 0. The van der Waals surface area contributed by atoms with Crippen LogP contribution in [0, 0.1) is 23.7 Å². The second kappa shape index (κ2) is 9.49. The summed E-state index contributed by atoms with van der Waals surface area (Å²) in [5.74, 6) is 3.09. The van der Waals surface area contributed by atoms with Gasteiger partial charge in [0.1, 0.15) is 0 Å². The van der Waals surface area contributed by atoms with Crippen molar-refractivity contribution in [1.82, 2.24) is 0 Å².